The standard InChI is InChI=1S/C18H24FN5O/c1-23-13-14(12-21-23)7-8-20-18(25)22-16-11-15(19)5-6-17(16)24-9-3-2-4-10-24/h5-6,11-13H,2-4,7-10H2,1H3,(H2,20,22,25). The first kappa shape index (κ1) is 17.3. The number of urea groups is 1. The SMILES string of the molecule is Cn1cc(CCNC(=O)Nc2cc(F)ccc2N2CCCCC2)cn1. The van der Waals surface area contributed by atoms with Crippen LogP contribution < -0.4 is 15.5 Å². The Kier molecular flexibility index (Phi) is 5.53. The summed E-state index contributed by atoms with van der Waals surface area (Å²) in [5.74, 6) is -0.355. The van der Waals surface area contributed by atoms with E-state index >= 15 is 0 Å². The van der Waals surface area contributed by atoms with Crippen molar-refractivity contribution in [1.29, 1.82) is 0 Å². The summed E-state index contributed by atoms with van der Waals surface area (Å²) >= 11 is 0. The summed E-state index contributed by atoms with van der Waals surface area (Å²) in [7, 11) is 1.86. The molecule has 0 unspecified atom stereocenters. The van der Waals surface area contributed by atoms with Crippen molar-refractivity contribution in [3.63, 3.8) is 0 Å². The van der Waals surface area contributed by atoms with Crippen molar-refractivity contribution in [3.8, 4) is 0 Å². The maximum Gasteiger partial charge on any atom is 0.319 e. The first-order valence-corrected chi connectivity index (χ1v) is 8.69. The third-order valence-corrected chi connectivity index (χ3v) is 4.36. The van der Waals surface area contributed by atoms with Gasteiger partial charge in [0.25, 0.3) is 0 Å². The number of aryl methyl sites for hydroxylation is 1. The molecule has 7 heteroatoms. The van der Waals surface area contributed by atoms with Crippen LogP contribution in [0.3, 0.4) is 0 Å². The molecule has 1 aliphatic heterocycles. The summed E-state index contributed by atoms with van der Waals surface area (Å²) in [6.45, 7) is 2.36. The molecule has 2 aromatic rings. The Bertz CT molecular complexity index is 724. The van der Waals surface area contributed by atoms with E-state index in [2.05, 4.69) is 20.6 Å². The number of anilines is 2. The van der Waals surface area contributed by atoms with E-state index in [1.807, 2.05) is 13.2 Å². The van der Waals surface area contributed by atoms with E-state index in [9.17, 15) is 9.18 Å². The van der Waals surface area contributed by atoms with Gasteiger partial charge < -0.3 is 15.5 Å². The van der Waals surface area contributed by atoms with Crippen molar-refractivity contribution < 1.29 is 9.18 Å². The minimum Gasteiger partial charge on any atom is -0.370 e. The van der Waals surface area contributed by atoms with Gasteiger partial charge in [0.1, 0.15) is 5.82 Å². The molecule has 1 aliphatic rings. The van der Waals surface area contributed by atoms with Crippen LogP contribution in [0.4, 0.5) is 20.6 Å². The molecule has 1 fully saturated rings. The molecule has 2 heterocycles. The van der Waals surface area contributed by atoms with Crippen molar-refractivity contribution in [2.45, 2.75) is 25.7 Å². The quantitative estimate of drug-likeness (QED) is 0.876. The molecule has 3 rings (SSSR count). The zero-order chi connectivity index (χ0) is 17.6. The fraction of sp³-hybridized carbons (Fsp3) is 0.444. The predicted octanol–water partition coefficient (Wildman–Crippen LogP) is 2.91. The number of halogens is 1. The van der Waals surface area contributed by atoms with E-state index in [1.165, 1.54) is 18.6 Å². The van der Waals surface area contributed by atoms with Gasteiger partial charge in [0.2, 0.25) is 0 Å². The number of carbonyl (C=O) groups excluding carboxylic acids is 1. The largest absolute Gasteiger partial charge is 0.370 e. The maximum atomic E-state index is 13.6. The minimum absolute atomic E-state index is 0.326. The number of amides is 2. The van der Waals surface area contributed by atoms with Gasteiger partial charge >= 0.3 is 6.03 Å². The summed E-state index contributed by atoms with van der Waals surface area (Å²) in [6, 6.07) is 4.24. The number of carbonyl (C=O) groups is 1. The Hall–Kier alpha value is -2.57. The summed E-state index contributed by atoms with van der Waals surface area (Å²) < 4.78 is 15.4. The van der Waals surface area contributed by atoms with E-state index in [1.54, 1.807) is 16.9 Å². The van der Waals surface area contributed by atoms with Gasteiger partial charge in [-0.3, -0.25) is 4.68 Å². The molecule has 1 saturated heterocycles. The Morgan fingerprint density at radius 3 is 2.80 bits per heavy atom. The number of benzene rings is 1. The molecule has 0 atom stereocenters. The molecular formula is C18H24FN5O. The van der Waals surface area contributed by atoms with Crippen LogP contribution in [-0.2, 0) is 13.5 Å². The molecule has 134 valence electrons. The zero-order valence-corrected chi connectivity index (χ0v) is 14.5. The second-order valence-corrected chi connectivity index (χ2v) is 6.36. The highest BCUT2D eigenvalue weighted by atomic mass is 19.1. The van der Waals surface area contributed by atoms with Gasteiger partial charge in [-0.05, 0) is 49.4 Å². The monoisotopic (exact) mass is 345 g/mol. The highest BCUT2D eigenvalue weighted by Gasteiger charge is 2.16. The fourth-order valence-electron chi connectivity index (χ4n) is 3.11. The molecule has 0 radical (unpaired) electrons. The first-order chi connectivity index (χ1) is 12.1. The first-order valence-electron chi connectivity index (χ1n) is 8.69. The minimum atomic E-state index is -0.355. The molecular weight excluding hydrogens is 321 g/mol. The number of nitrogens with zero attached hydrogens (tertiary/aromatic N) is 3. The fourth-order valence-corrected chi connectivity index (χ4v) is 3.11. The summed E-state index contributed by atoms with van der Waals surface area (Å²) in [5.41, 5.74) is 2.45. The van der Waals surface area contributed by atoms with Crippen LogP contribution in [0, 0.1) is 5.82 Å². The number of rotatable bonds is 5. The lowest BCUT2D eigenvalue weighted by Gasteiger charge is -2.30. The molecule has 0 aliphatic carbocycles. The number of nitrogens with one attached hydrogen (secondary N) is 2. The van der Waals surface area contributed by atoms with E-state index in [-0.39, 0.29) is 11.8 Å². The molecule has 6 nitrogen and oxygen atoms in total. The Morgan fingerprint density at radius 2 is 2.08 bits per heavy atom. The number of aromatic nitrogens is 2. The number of piperidine rings is 1. The molecule has 0 saturated carbocycles. The van der Waals surface area contributed by atoms with Gasteiger partial charge in [-0.1, -0.05) is 0 Å². The van der Waals surface area contributed by atoms with Gasteiger partial charge in [-0.25, -0.2) is 9.18 Å². The molecule has 2 amide bonds. The smallest absolute Gasteiger partial charge is 0.319 e. The van der Waals surface area contributed by atoms with Gasteiger partial charge in [-0.15, -0.1) is 0 Å². The zero-order valence-electron chi connectivity index (χ0n) is 14.5. The van der Waals surface area contributed by atoms with Gasteiger partial charge in [0, 0.05) is 32.9 Å². The van der Waals surface area contributed by atoms with Crippen LogP contribution in [0.5, 0.6) is 0 Å². The van der Waals surface area contributed by atoms with Gasteiger partial charge in [0.15, 0.2) is 0 Å². The number of hydrogen-bond acceptors (Lipinski definition) is 3. The van der Waals surface area contributed by atoms with Crippen molar-refractivity contribution in [2.24, 2.45) is 7.05 Å². The third kappa shape index (κ3) is 4.71. The average molecular weight is 345 g/mol. The lowest BCUT2D eigenvalue weighted by Crippen LogP contribution is -2.33. The van der Waals surface area contributed by atoms with E-state index in [0.29, 0.717) is 18.7 Å². The Labute approximate surface area is 147 Å². The van der Waals surface area contributed by atoms with Crippen LogP contribution in [0.15, 0.2) is 30.6 Å². The van der Waals surface area contributed by atoms with E-state index < -0.39 is 0 Å². The lowest BCUT2D eigenvalue weighted by atomic mass is 10.1. The van der Waals surface area contributed by atoms with Crippen molar-refractivity contribution in [3.05, 3.63) is 42.0 Å². The summed E-state index contributed by atoms with van der Waals surface area (Å²) in [6.07, 6.45) is 7.85. The normalized spacial score (nSPS) is 14.4. The molecule has 0 bridgehead atoms. The summed E-state index contributed by atoms with van der Waals surface area (Å²) in [4.78, 5) is 14.4. The van der Waals surface area contributed by atoms with Crippen molar-refractivity contribution >= 4 is 17.4 Å². The topological polar surface area (TPSA) is 62.2 Å². The molecule has 25 heavy (non-hydrogen) atoms. The second kappa shape index (κ2) is 8.00. The highest BCUT2D eigenvalue weighted by molar-refractivity contribution is 5.93. The van der Waals surface area contributed by atoms with Crippen LogP contribution in [0.1, 0.15) is 24.8 Å². The second-order valence-electron chi connectivity index (χ2n) is 6.36. The van der Waals surface area contributed by atoms with Gasteiger partial charge in [0.05, 0.1) is 17.6 Å². The Morgan fingerprint density at radius 1 is 1.28 bits per heavy atom. The van der Waals surface area contributed by atoms with Gasteiger partial charge in [-0.2, -0.15) is 5.10 Å². The van der Waals surface area contributed by atoms with E-state index in [0.717, 1.165) is 37.2 Å². The number of hydrogen-bond donors (Lipinski definition) is 2. The maximum absolute atomic E-state index is 13.6. The molecule has 2 N–H and O–H groups in total. The van der Waals surface area contributed by atoms with Crippen molar-refractivity contribution in [2.75, 3.05) is 29.9 Å². The summed E-state index contributed by atoms with van der Waals surface area (Å²) in [5, 5.41) is 9.69. The van der Waals surface area contributed by atoms with Crippen LogP contribution in [0.25, 0.3) is 0 Å². The van der Waals surface area contributed by atoms with E-state index in [4.69, 9.17) is 0 Å². The predicted molar refractivity (Wildman–Crippen MR) is 96.4 cm³/mol. The van der Waals surface area contributed by atoms with Crippen LogP contribution in [0.2, 0.25) is 0 Å². The van der Waals surface area contributed by atoms with Crippen LogP contribution >= 0.6 is 0 Å². The Balaban J connectivity index is 1.58. The highest BCUT2D eigenvalue weighted by Crippen LogP contribution is 2.29. The van der Waals surface area contributed by atoms with Crippen LogP contribution in [-0.4, -0.2) is 35.4 Å². The average Bonchev–Trinajstić information content (AvgIpc) is 3.01. The van der Waals surface area contributed by atoms with Crippen molar-refractivity contribution in [1.82, 2.24) is 15.1 Å². The molecule has 1 aromatic carbocycles. The lowest BCUT2D eigenvalue weighted by molar-refractivity contribution is 0.252. The molecule has 1 aromatic heterocycles. The molecule has 0 spiro atoms. The third-order valence-electron chi connectivity index (χ3n) is 4.36.